The average molecular weight is 586 g/mol. The van der Waals surface area contributed by atoms with Crippen LogP contribution in [0.4, 0.5) is 0 Å². The molecular weight excluding hydrogens is 542 g/mol. The van der Waals surface area contributed by atoms with Crippen molar-refractivity contribution in [2.45, 2.75) is 49.3 Å². The molecule has 0 aliphatic carbocycles. The molecule has 1 atom stereocenters. The number of aliphatic hydroxyl groups is 2. The first-order chi connectivity index (χ1) is 20.7. The maximum Gasteiger partial charge on any atom is 0.122 e. The number of rotatable bonds is 15. The average Bonchev–Trinajstić information content (AvgIpc) is 3.02. The Hall–Kier alpha value is -4.04. The summed E-state index contributed by atoms with van der Waals surface area (Å²) in [6.45, 7) is 0. The van der Waals surface area contributed by atoms with Crippen molar-refractivity contribution in [3.8, 4) is 23.0 Å². The van der Waals surface area contributed by atoms with Crippen molar-refractivity contribution < 1.29 is 29.2 Å². The standard InChI is InChI=1S/C36H43NO6/c1-40-30-17-9-5-13-26(30)21-35(38,22-27-14-6-10-18-31(27)41-2)25-34(37)36(39,23-28-15-7-11-19-32(28)42-3)24-29-16-8-12-20-33(29)43-4/h5-20,34,38-39H,21-25,37H2,1-4H3. The van der Waals surface area contributed by atoms with Crippen molar-refractivity contribution in [1.29, 1.82) is 0 Å². The summed E-state index contributed by atoms with van der Waals surface area (Å²) < 4.78 is 22.5. The van der Waals surface area contributed by atoms with Crippen LogP contribution >= 0.6 is 0 Å². The third-order valence-corrected chi connectivity index (χ3v) is 8.09. The molecule has 4 aromatic rings. The Labute approximate surface area is 254 Å². The van der Waals surface area contributed by atoms with Gasteiger partial charge in [-0.3, -0.25) is 0 Å². The molecule has 0 bridgehead atoms. The van der Waals surface area contributed by atoms with E-state index in [4.69, 9.17) is 24.7 Å². The maximum atomic E-state index is 12.5. The second-order valence-electron chi connectivity index (χ2n) is 11.1. The molecule has 43 heavy (non-hydrogen) atoms. The van der Waals surface area contributed by atoms with E-state index in [1.165, 1.54) is 0 Å². The van der Waals surface area contributed by atoms with Gasteiger partial charge in [-0.1, -0.05) is 72.8 Å². The van der Waals surface area contributed by atoms with Crippen LogP contribution in [-0.2, 0) is 25.7 Å². The van der Waals surface area contributed by atoms with Gasteiger partial charge in [0.2, 0.25) is 0 Å². The van der Waals surface area contributed by atoms with E-state index in [-0.39, 0.29) is 32.1 Å². The van der Waals surface area contributed by atoms with Crippen LogP contribution in [0.3, 0.4) is 0 Å². The second-order valence-corrected chi connectivity index (χ2v) is 11.1. The minimum atomic E-state index is -1.47. The highest BCUT2D eigenvalue weighted by Crippen LogP contribution is 2.36. The van der Waals surface area contributed by atoms with Crippen LogP contribution < -0.4 is 24.7 Å². The van der Waals surface area contributed by atoms with Crippen LogP contribution in [-0.4, -0.2) is 55.9 Å². The molecule has 0 saturated heterocycles. The van der Waals surface area contributed by atoms with Crippen LogP contribution in [0.1, 0.15) is 28.7 Å². The fourth-order valence-corrected chi connectivity index (χ4v) is 5.90. The molecule has 4 aromatic carbocycles. The molecule has 0 radical (unpaired) electrons. The molecule has 1 unspecified atom stereocenters. The summed E-state index contributed by atoms with van der Waals surface area (Å²) >= 11 is 0. The van der Waals surface area contributed by atoms with Gasteiger partial charge in [-0.25, -0.2) is 0 Å². The largest absolute Gasteiger partial charge is 0.496 e. The van der Waals surface area contributed by atoms with Gasteiger partial charge in [-0.2, -0.15) is 0 Å². The monoisotopic (exact) mass is 585 g/mol. The van der Waals surface area contributed by atoms with E-state index in [1.807, 2.05) is 97.1 Å². The van der Waals surface area contributed by atoms with E-state index < -0.39 is 17.2 Å². The van der Waals surface area contributed by atoms with Gasteiger partial charge in [0.1, 0.15) is 23.0 Å². The zero-order valence-electron chi connectivity index (χ0n) is 25.5. The summed E-state index contributed by atoms with van der Waals surface area (Å²) in [5.74, 6) is 2.67. The van der Waals surface area contributed by atoms with Gasteiger partial charge in [0.15, 0.2) is 0 Å². The normalized spacial score (nSPS) is 12.4. The van der Waals surface area contributed by atoms with Gasteiger partial charge in [-0.05, 0) is 52.9 Å². The number of methoxy groups -OCH3 is 4. The third kappa shape index (κ3) is 7.87. The number of ether oxygens (including phenoxy) is 4. The first-order valence-electron chi connectivity index (χ1n) is 14.4. The number of hydrogen-bond acceptors (Lipinski definition) is 7. The smallest absolute Gasteiger partial charge is 0.122 e. The summed E-state index contributed by atoms with van der Waals surface area (Å²) in [5, 5.41) is 25.0. The third-order valence-electron chi connectivity index (χ3n) is 8.09. The molecule has 0 heterocycles. The molecule has 0 aliphatic rings. The Morgan fingerprint density at radius 1 is 0.512 bits per heavy atom. The first kappa shape index (κ1) is 31.9. The zero-order valence-corrected chi connectivity index (χ0v) is 25.5. The van der Waals surface area contributed by atoms with Crippen molar-refractivity contribution >= 4 is 0 Å². The Morgan fingerprint density at radius 2 is 0.791 bits per heavy atom. The van der Waals surface area contributed by atoms with Crippen molar-refractivity contribution in [1.82, 2.24) is 0 Å². The van der Waals surface area contributed by atoms with E-state index in [2.05, 4.69) is 0 Å². The summed E-state index contributed by atoms with van der Waals surface area (Å²) in [5.41, 5.74) is 7.49. The first-order valence-corrected chi connectivity index (χ1v) is 14.4. The molecule has 228 valence electrons. The number of para-hydroxylation sites is 4. The Balaban J connectivity index is 1.76. The maximum absolute atomic E-state index is 12.5. The summed E-state index contributed by atoms with van der Waals surface area (Å²) in [6.07, 6.45) is 0.999. The van der Waals surface area contributed by atoms with E-state index >= 15 is 0 Å². The Kier molecular flexibility index (Phi) is 10.7. The Morgan fingerprint density at radius 3 is 1.09 bits per heavy atom. The molecule has 0 aromatic heterocycles. The molecule has 4 N–H and O–H groups in total. The lowest BCUT2D eigenvalue weighted by molar-refractivity contribution is -0.0366. The number of hydrogen-bond donors (Lipinski definition) is 3. The lowest BCUT2D eigenvalue weighted by atomic mass is 9.74. The molecule has 7 nitrogen and oxygen atoms in total. The van der Waals surface area contributed by atoms with Gasteiger partial charge in [0.05, 0.1) is 39.6 Å². The van der Waals surface area contributed by atoms with Crippen molar-refractivity contribution in [3.05, 3.63) is 119 Å². The predicted molar refractivity (Wildman–Crippen MR) is 169 cm³/mol. The number of benzene rings is 4. The summed E-state index contributed by atoms with van der Waals surface area (Å²) in [4.78, 5) is 0. The summed E-state index contributed by atoms with van der Waals surface area (Å²) in [7, 11) is 6.45. The molecule has 0 aliphatic heterocycles. The fourth-order valence-electron chi connectivity index (χ4n) is 5.90. The molecule has 0 saturated carbocycles. The van der Waals surface area contributed by atoms with Gasteiger partial charge >= 0.3 is 0 Å². The van der Waals surface area contributed by atoms with E-state index in [0.717, 1.165) is 22.3 Å². The van der Waals surface area contributed by atoms with Crippen LogP contribution in [0.5, 0.6) is 23.0 Å². The highest BCUT2D eigenvalue weighted by molar-refractivity contribution is 5.40. The SMILES string of the molecule is COc1ccccc1CC(O)(Cc1ccccc1OC)CC(N)C(O)(Cc1ccccc1OC)Cc1ccccc1OC. The predicted octanol–water partition coefficient (Wildman–Crippen LogP) is 5.17. The van der Waals surface area contributed by atoms with Gasteiger partial charge in [-0.15, -0.1) is 0 Å². The van der Waals surface area contributed by atoms with Crippen molar-refractivity contribution in [2.75, 3.05) is 28.4 Å². The number of nitrogens with two attached hydrogens (primary N) is 1. The zero-order chi connectivity index (χ0) is 30.9. The highest BCUT2D eigenvalue weighted by Gasteiger charge is 2.42. The van der Waals surface area contributed by atoms with Crippen molar-refractivity contribution in [2.24, 2.45) is 5.73 Å². The minimum absolute atomic E-state index is 0.0872. The van der Waals surface area contributed by atoms with Gasteiger partial charge in [0.25, 0.3) is 0 Å². The van der Waals surface area contributed by atoms with Crippen LogP contribution in [0.15, 0.2) is 97.1 Å². The Bertz CT molecular complexity index is 1370. The van der Waals surface area contributed by atoms with Crippen LogP contribution in [0.25, 0.3) is 0 Å². The van der Waals surface area contributed by atoms with E-state index in [9.17, 15) is 10.2 Å². The molecular formula is C36H43NO6. The highest BCUT2D eigenvalue weighted by atomic mass is 16.5. The molecule has 0 spiro atoms. The molecule has 4 rings (SSSR count). The van der Waals surface area contributed by atoms with E-state index in [1.54, 1.807) is 28.4 Å². The molecule has 0 fully saturated rings. The topological polar surface area (TPSA) is 103 Å². The van der Waals surface area contributed by atoms with Crippen LogP contribution in [0, 0.1) is 0 Å². The van der Waals surface area contributed by atoms with Gasteiger partial charge in [0, 0.05) is 31.7 Å². The quantitative estimate of drug-likeness (QED) is 0.177. The fraction of sp³-hybridized carbons (Fsp3) is 0.333. The van der Waals surface area contributed by atoms with Crippen molar-refractivity contribution in [3.63, 3.8) is 0 Å². The second kappa shape index (κ2) is 14.4. The van der Waals surface area contributed by atoms with Gasteiger partial charge < -0.3 is 34.9 Å². The summed E-state index contributed by atoms with van der Waals surface area (Å²) in [6, 6.07) is 29.6. The molecule has 0 amide bonds. The van der Waals surface area contributed by atoms with Crippen LogP contribution in [0.2, 0.25) is 0 Å². The minimum Gasteiger partial charge on any atom is -0.496 e. The lowest BCUT2D eigenvalue weighted by Crippen LogP contribution is -2.55. The molecule has 7 heteroatoms. The van der Waals surface area contributed by atoms with E-state index in [0.29, 0.717) is 23.0 Å². The lowest BCUT2D eigenvalue weighted by Gasteiger charge is -2.40.